The molecule has 7 heteroatoms. The number of nitrogens with zero attached hydrogens (tertiary/aromatic N) is 2. The van der Waals surface area contributed by atoms with Crippen LogP contribution >= 0.6 is 0 Å². The first kappa shape index (κ1) is 19.3. The Kier molecular flexibility index (Phi) is 6.02. The minimum atomic E-state index is -1.02. The molecule has 0 aromatic heterocycles. The zero-order valence-electron chi connectivity index (χ0n) is 14.8. The zero-order valence-corrected chi connectivity index (χ0v) is 14.8. The highest BCUT2D eigenvalue weighted by Gasteiger charge is 2.38. The van der Waals surface area contributed by atoms with Gasteiger partial charge in [0.2, 0.25) is 5.91 Å². The summed E-state index contributed by atoms with van der Waals surface area (Å²) in [5.41, 5.74) is -0.623. The highest BCUT2D eigenvalue weighted by molar-refractivity contribution is 5.86. The summed E-state index contributed by atoms with van der Waals surface area (Å²) in [7, 11) is 1.58. The first-order valence-electron chi connectivity index (χ1n) is 7.91. The lowest BCUT2D eigenvalue weighted by Gasteiger charge is -2.33. The SMILES string of the molecule is CC(C)C(C(=O)OC(C)(C)C)N(C)C(=O)C1CCN(C(=O)O)C1. The molecule has 1 N–H and O–H groups in total. The number of likely N-dealkylation sites (tertiary alicyclic amines) is 1. The van der Waals surface area contributed by atoms with E-state index in [9.17, 15) is 14.4 Å². The van der Waals surface area contributed by atoms with Crippen LogP contribution in [0.2, 0.25) is 0 Å². The van der Waals surface area contributed by atoms with Gasteiger partial charge in [0.1, 0.15) is 11.6 Å². The molecular weight excluding hydrogens is 300 g/mol. The Balaban J connectivity index is 2.82. The summed E-state index contributed by atoms with van der Waals surface area (Å²) < 4.78 is 5.42. The van der Waals surface area contributed by atoms with Crippen molar-refractivity contribution in [2.75, 3.05) is 20.1 Å². The average Bonchev–Trinajstić information content (AvgIpc) is 2.84. The van der Waals surface area contributed by atoms with Crippen LogP contribution in [0.25, 0.3) is 0 Å². The summed E-state index contributed by atoms with van der Waals surface area (Å²) >= 11 is 0. The molecule has 1 fully saturated rings. The molecule has 2 atom stereocenters. The molecule has 0 aromatic rings. The van der Waals surface area contributed by atoms with Gasteiger partial charge in [-0.1, -0.05) is 13.8 Å². The lowest BCUT2D eigenvalue weighted by molar-refractivity contribution is -0.166. The Morgan fingerprint density at radius 3 is 2.22 bits per heavy atom. The van der Waals surface area contributed by atoms with Crippen molar-refractivity contribution in [1.82, 2.24) is 9.80 Å². The van der Waals surface area contributed by atoms with E-state index in [0.717, 1.165) is 0 Å². The van der Waals surface area contributed by atoms with Gasteiger partial charge in [0, 0.05) is 20.1 Å². The highest BCUT2D eigenvalue weighted by atomic mass is 16.6. The molecule has 0 aromatic carbocycles. The van der Waals surface area contributed by atoms with Crippen LogP contribution in [-0.4, -0.2) is 64.7 Å². The number of ether oxygens (including phenoxy) is 1. The van der Waals surface area contributed by atoms with Crippen LogP contribution in [0.5, 0.6) is 0 Å². The van der Waals surface area contributed by atoms with Gasteiger partial charge in [0.15, 0.2) is 0 Å². The lowest BCUT2D eigenvalue weighted by atomic mass is 9.99. The number of esters is 1. The summed E-state index contributed by atoms with van der Waals surface area (Å²) in [5, 5.41) is 8.99. The van der Waals surface area contributed by atoms with Crippen molar-refractivity contribution >= 4 is 18.0 Å². The molecule has 2 amide bonds. The number of hydrogen-bond donors (Lipinski definition) is 1. The molecule has 0 spiro atoms. The number of amides is 2. The van der Waals surface area contributed by atoms with Gasteiger partial charge in [-0.25, -0.2) is 9.59 Å². The number of likely N-dealkylation sites (N-methyl/N-ethyl adjacent to an activating group) is 1. The van der Waals surface area contributed by atoms with Crippen LogP contribution in [0.3, 0.4) is 0 Å². The summed E-state index contributed by atoms with van der Waals surface area (Å²) in [6, 6.07) is -0.680. The van der Waals surface area contributed by atoms with Crippen molar-refractivity contribution in [2.45, 2.75) is 52.7 Å². The molecule has 1 rings (SSSR count). The highest BCUT2D eigenvalue weighted by Crippen LogP contribution is 2.22. The zero-order chi connectivity index (χ0) is 17.9. The van der Waals surface area contributed by atoms with E-state index in [1.807, 2.05) is 13.8 Å². The Morgan fingerprint density at radius 1 is 1.26 bits per heavy atom. The monoisotopic (exact) mass is 328 g/mol. The molecule has 1 heterocycles. The molecule has 1 aliphatic heterocycles. The molecule has 1 aliphatic rings. The molecule has 0 aliphatic carbocycles. The second-order valence-electron chi connectivity index (χ2n) is 7.39. The quantitative estimate of drug-likeness (QED) is 0.795. The second kappa shape index (κ2) is 7.19. The van der Waals surface area contributed by atoms with E-state index in [1.54, 1.807) is 27.8 Å². The predicted octanol–water partition coefficient (Wildman–Crippen LogP) is 1.81. The first-order valence-corrected chi connectivity index (χ1v) is 7.91. The number of rotatable bonds is 4. The van der Waals surface area contributed by atoms with Gasteiger partial charge in [-0.2, -0.15) is 0 Å². The summed E-state index contributed by atoms with van der Waals surface area (Å²) in [4.78, 5) is 38.7. The van der Waals surface area contributed by atoms with Gasteiger partial charge in [-0.15, -0.1) is 0 Å². The summed E-state index contributed by atoms with van der Waals surface area (Å²) in [5.74, 6) is -1.15. The number of hydrogen-bond acceptors (Lipinski definition) is 4. The van der Waals surface area contributed by atoms with E-state index in [2.05, 4.69) is 0 Å². The molecule has 0 saturated carbocycles. The molecular formula is C16H28N2O5. The van der Waals surface area contributed by atoms with Gasteiger partial charge >= 0.3 is 12.1 Å². The van der Waals surface area contributed by atoms with Gasteiger partial charge in [-0.3, -0.25) is 4.79 Å². The number of carbonyl (C=O) groups excluding carboxylic acids is 2. The van der Waals surface area contributed by atoms with Gasteiger partial charge in [-0.05, 0) is 33.1 Å². The molecule has 7 nitrogen and oxygen atoms in total. The van der Waals surface area contributed by atoms with E-state index in [1.165, 1.54) is 9.80 Å². The molecule has 132 valence electrons. The largest absolute Gasteiger partial charge is 0.465 e. The van der Waals surface area contributed by atoms with Crippen molar-refractivity contribution in [2.24, 2.45) is 11.8 Å². The third kappa shape index (κ3) is 5.11. The second-order valence-corrected chi connectivity index (χ2v) is 7.39. The van der Waals surface area contributed by atoms with Crippen molar-refractivity contribution < 1.29 is 24.2 Å². The van der Waals surface area contributed by atoms with Gasteiger partial charge in [0.05, 0.1) is 5.92 Å². The van der Waals surface area contributed by atoms with E-state index in [4.69, 9.17) is 9.84 Å². The smallest absolute Gasteiger partial charge is 0.407 e. The number of carbonyl (C=O) groups is 3. The standard InChI is InChI=1S/C16H28N2O5/c1-10(2)12(14(20)23-16(3,4)5)17(6)13(19)11-7-8-18(9-11)15(21)22/h10-12H,7-9H2,1-6H3,(H,21,22). The maximum atomic E-state index is 12.6. The maximum Gasteiger partial charge on any atom is 0.407 e. The topological polar surface area (TPSA) is 87.2 Å². The molecule has 2 unspecified atom stereocenters. The minimum absolute atomic E-state index is 0.101. The van der Waals surface area contributed by atoms with Crippen LogP contribution in [0.4, 0.5) is 4.79 Å². The van der Waals surface area contributed by atoms with Crippen molar-refractivity contribution in [3.63, 3.8) is 0 Å². The average molecular weight is 328 g/mol. The van der Waals surface area contributed by atoms with E-state index in [-0.39, 0.29) is 18.4 Å². The minimum Gasteiger partial charge on any atom is -0.465 e. The van der Waals surface area contributed by atoms with Crippen LogP contribution in [-0.2, 0) is 14.3 Å². The van der Waals surface area contributed by atoms with E-state index < -0.39 is 29.6 Å². The Morgan fingerprint density at radius 2 is 1.83 bits per heavy atom. The van der Waals surface area contributed by atoms with Crippen molar-refractivity contribution in [3.05, 3.63) is 0 Å². The fourth-order valence-corrected chi connectivity index (χ4v) is 2.80. The molecule has 23 heavy (non-hydrogen) atoms. The van der Waals surface area contributed by atoms with Crippen LogP contribution in [0.15, 0.2) is 0 Å². The van der Waals surface area contributed by atoms with Crippen molar-refractivity contribution in [1.29, 1.82) is 0 Å². The van der Waals surface area contributed by atoms with Crippen LogP contribution in [0, 0.1) is 11.8 Å². The summed E-state index contributed by atoms with van der Waals surface area (Å²) in [6.45, 7) is 9.59. The Labute approximate surface area is 137 Å². The van der Waals surface area contributed by atoms with Crippen molar-refractivity contribution in [3.8, 4) is 0 Å². The first-order chi connectivity index (χ1) is 10.4. The molecule has 1 saturated heterocycles. The van der Waals surface area contributed by atoms with Gasteiger partial charge in [0.25, 0.3) is 0 Å². The lowest BCUT2D eigenvalue weighted by Crippen LogP contribution is -2.50. The number of carboxylic acid groups (broad SMARTS) is 1. The normalized spacial score (nSPS) is 19.6. The van der Waals surface area contributed by atoms with E-state index >= 15 is 0 Å². The van der Waals surface area contributed by atoms with Gasteiger partial charge < -0.3 is 19.6 Å². The predicted molar refractivity (Wildman–Crippen MR) is 84.9 cm³/mol. The summed E-state index contributed by atoms with van der Waals surface area (Å²) in [6.07, 6.45) is -0.537. The van der Waals surface area contributed by atoms with Crippen LogP contribution in [0.1, 0.15) is 41.0 Å². The maximum absolute atomic E-state index is 12.6. The Hall–Kier alpha value is -1.79. The third-order valence-electron chi connectivity index (χ3n) is 3.85. The van der Waals surface area contributed by atoms with Crippen LogP contribution < -0.4 is 0 Å². The Bertz CT molecular complexity index is 470. The molecule has 0 radical (unpaired) electrons. The van der Waals surface area contributed by atoms with E-state index in [0.29, 0.717) is 13.0 Å². The molecule has 0 bridgehead atoms. The fourth-order valence-electron chi connectivity index (χ4n) is 2.80. The third-order valence-corrected chi connectivity index (χ3v) is 3.85. The fraction of sp³-hybridized carbons (Fsp3) is 0.812.